The zero-order valence-corrected chi connectivity index (χ0v) is 11.3. The fourth-order valence-electron chi connectivity index (χ4n) is 1.32. The minimum atomic E-state index is 0.779. The summed E-state index contributed by atoms with van der Waals surface area (Å²) in [6.45, 7) is 3.60. The molecule has 0 bridgehead atoms. The summed E-state index contributed by atoms with van der Waals surface area (Å²) in [6.07, 6.45) is 0. The van der Waals surface area contributed by atoms with E-state index < -0.39 is 0 Å². The van der Waals surface area contributed by atoms with Crippen molar-refractivity contribution in [3.8, 4) is 0 Å². The lowest BCUT2D eigenvalue weighted by molar-refractivity contribution is 0.683. The predicted molar refractivity (Wildman–Crippen MR) is 69.3 cm³/mol. The van der Waals surface area contributed by atoms with Gasteiger partial charge in [0.1, 0.15) is 10.0 Å². The van der Waals surface area contributed by atoms with Gasteiger partial charge in [-0.25, -0.2) is 0 Å². The third-order valence-electron chi connectivity index (χ3n) is 2.09. The predicted octanol–water partition coefficient (Wildman–Crippen LogP) is 2.90. The van der Waals surface area contributed by atoms with Gasteiger partial charge in [-0.05, 0) is 24.6 Å². The van der Waals surface area contributed by atoms with Gasteiger partial charge in [0.05, 0.1) is 0 Å². The van der Waals surface area contributed by atoms with Crippen molar-refractivity contribution in [2.75, 3.05) is 0 Å². The van der Waals surface area contributed by atoms with Crippen LogP contribution in [0.25, 0.3) is 0 Å². The quantitative estimate of drug-likeness (QED) is 0.943. The monoisotopic (exact) mass is 297 g/mol. The van der Waals surface area contributed by atoms with Gasteiger partial charge in [-0.15, -0.1) is 21.5 Å². The third-order valence-corrected chi connectivity index (χ3v) is 3.45. The first-order valence-electron chi connectivity index (χ1n) is 4.98. The highest BCUT2D eigenvalue weighted by atomic mass is 79.9. The maximum Gasteiger partial charge on any atom is 0.131 e. The average Bonchev–Trinajstić information content (AvgIpc) is 2.67. The molecule has 1 aromatic heterocycles. The van der Waals surface area contributed by atoms with Gasteiger partial charge in [0.15, 0.2) is 0 Å². The molecule has 1 N–H and O–H groups in total. The zero-order valence-electron chi connectivity index (χ0n) is 8.90. The van der Waals surface area contributed by atoms with E-state index in [0.29, 0.717) is 0 Å². The second-order valence-electron chi connectivity index (χ2n) is 3.44. The lowest BCUT2D eigenvalue weighted by Crippen LogP contribution is -2.12. The molecule has 0 amide bonds. The number of benzene rings is 1. The van der Waals surface area contributed by atoms with Gasteiger partial charge in [0.25, 0.3) is 0 Å². The van der Waals surface area contributed by atoms with Gasteiger partial charge in [-0.1, -0.05) is 28.1 Å². The van der Waals surface area contributed by atoms with Crippen molar-refractivity contribution >= 4 is 27.3 Å². The van der Waals surface area contributed by atoms with E-state index in [1.165, 1.54) is 5.56 Å². The molecule has 0 atom stereocenters. The van der Waals surface area contributed by atoms with Crippen molar-refractivity contribution in [2.24, 2.45) is 0 Å². The highest BCUT2D eigenvalue weighted by molar-refractivity contribution is 9.10. The molecule has 0 aliphatic heterocycles. The molecule has 1 heterocycles. The maximum absolute atomic E-state index is 4.06. The molecule has 5 heteroatoms. The highest BCUT2D eigenvalue weighted by Crippen LogP contribution is 2.11. The van der Waals surface area contributed by atoms with Crippen LogP contribution in [0.3, 0.4) is 0 Å². The Kier molecular flexibility index (Phi) is 4.04. The third kappa shape index (κ3) is 3.37. The molecule has 84 valence electrons. The molecule has 2 rings (SSSR count). The van der Waals surface area contributed by atoms with E-state index in [2.05, 4.69) is 43.6 Å². The minimum Gasteiger partial charge on any atom is -0.306 e. The Bertz CT molecular complexity index is 453. The molecule has 0 aliphatic carbocycles. The van der Waals surface area contributed by atoms with Gasteiger partial charge in [0, 0.05) is 17.6 Å². The summed E-state index contributed by atoms with van der Waals surface area (Å²) >= 11 is 5.05. The van der Waals surface area contributed by atoms with Crippen LogP contribution < -0.4 is 5.32 Å². The molecule has 0 saturated heterocycles. The fourth-order valence-corrected chi connectivity index (χ4v) is 2.27. The summed E-state index contributed by atoms with van der Waals surface area (Å²) in [5, 5.41) is 13.4. The van der Waals surface area contributed by atoms with Crippen LogP contribution in [0, 0.1) is 6.92 Å². The van der Waals surface area contributed by atoms with E-state index >= 15 is 0 Å². The number of nitrogens with one attached hydrogen (secondary N) is 1. The van der Waals surface area contributed by atoms with Gasteiger partial charge >= 0.3 is 0 Å². The standard InChI is InChI=1S/C11H12BrN3S/c1-8-14-15-11(16-8)7-13-6-9-2-4-10(12)5-3-9/h2-5,13H,6-7H2,1H3. The fraction of sp³-hybridized carbons (Fsp3) is 0.273. The Morgan fingerprint density at radius 2 is 1.94 bits per heavy atom. The average molecular weight is 298 g/mol. The lowest BCUT2D eigenvalue weighted by atomic mass is 10.2. The van der Waals surface area contributed by atoms with Crippen molar-refractivity contribution in [1.82, 2.24) is 15.5 Å². The first kappa shape index (κ1) is 11.7. The van der Waals surface area contributed by atoms with Crippen molar-refractivity contribution in [2.45, 2.75) is 20.0 Å². The first-order chi connectivity index (χ1) is 7.74. The molecule has 3 nitrogen and oxygen atoms in total. The Labute approximate surface area is 107 Å². The second-order valence-corrected chi connectivity index (χ2v) is 5.63. The Balaban J connectivity index is 1.82. The molecule has 0 unspecified atom stereocenters. The van der Waals surface area contributed by atoms with Crippen LogP contribution in [0.1, 0.15) is 15.6 Å². The number of aryl methyl sites for hydroxylation is 1. The van der Waals surface area contributed by atoms with Crippen LogP contribution in [0.4, 0.5) is 0 Å². The summed E-state index contributed by atoms with van der Waals surface area (Å²) in [5.41, 5.74) is 1.27. The van der Waals surface area contributed by atoms with Gasteiger partial charge < -0.3 is 5.32 Å². The van der Waals surface area contributed by atoms with Gasteiger partial charge in [-0.3, -0.25) is 0 Å². The summed E-state index contributed by atoms with van der Waals surface area (Å²) in [5.74, 6) is 0. The number of nitrogens with zero attached hydrogens (tertiary/aromatic N) is 2. The number of hydrogen-bond acceptors (Lipinski definition) is 4. The van der Waals surface area contributed by atoms with Gasteiger partial charge in [0.2, 0.25) is 0 Å². The molecule has 2 aromatic rings. The molecular formula is C11H12BrN3S. The van der Waals surface area contributed by atoms with Crippen LogP contribution >= 0.6 is 27.3 Å². The molecule has 0 aliphatic rings. The van der Waals surface area contributed by atoms with E-state index in [4.69, 9.17) is 0 Å². The van der Waals surface area contributed by atoms with Crippen LogP contribution in [0.2, 0.25) is 0 Å². The van der Waals surface area contributed by atoms with E-state index in [9.17, 15) is 0 Å². The smallest absolute Gasteiger partial charge is 0.131 e. The van der Waals surface area contributed by atoms with Crippen LogP contribution in [-0.4, -0.2) is 10.2 Å². The molecule has 0 saturated carbocycles. The highest BCUT2D eigenvalue weighted by Gasteiger charge is 1.99. The maximum atomic E-state index is 4.06. The normalized spacial score (nSPS) is 10.6. The summed E-state index contributed by atoms with van der Waals surface area (Å²) in [7, 11) is 0. The number of hydrogen-bond donors (Lipinski definition) is 1. The zero-order chi connectivity index (χ0) is 11.4. The molecule has 1 aromatic carbocycles. The molecule has 0 spiro atoms. The van der Waals surface area contributed by atoms with Crippen LogP contribution in [-0.2, 0) is 13.1 Å². The molecular weight excluding hydrogens is 286 g/mol. The van der Waals surface area contributed by atoms with Crippen LogP contribution in [0.15, 0.2) is 28.7 Å². The Morgan fingerprint density at radius 1 is 1.19 bits per heavy atom. The summed E-state index contributed by atoms with van der Waals surface area (Å²) < 4.78 is 1.11. The van der Waals surface area contributed by atoms with Crippen molar-refractivity contribution in [3.05, 3.63) is 44.3 Å². The van der Waals surface area contributed by atoms with E-state index in [-0.39, 0.29) is 0 Å². The van der Waals surface area contributed by atoms with Crippen molar-refractivity contribution in [1.29, 1.82) is 0 Å². The van der Waals surface area contributed by atoms with E-state index in [0.717, 1.165) is 27.6 Å². The minimum absolute atomic E-state index is 0.779. The van der Waals surface area contributed by atoms with Crippen molar-refractivity contribution in [3.63, 3.8) is 0 Å². The summed E-state index contributed by atoms with van der Waals surface area (Å²) in [6, 6.07) is 8.29. The summed E-state index contributed by atoms with van der Waals surface area (Å²) in [4.78, 5) is 0. The lowest BCUT2D eigenvalue weighted by Gasteiger charge is -2.02. The Hall–Kier alpha value is -0.780. The molecule has 16 heavy (non-hydrogen) atoms. The van der Waals surface area contributed by atoms with E-state index in [1.807, 2.05) is 19.1 Å². The molecule has 0 fully saturated rings. The van der Waals surface area contributed by atoms with E-state index in [1.54, 1.807) is 11.3 Å². The second kappa shape index (κ2) is 5.52. The number of aromatic nitrogens is 2. The SMILES string of the molecule is Cc1nnc(CNCc2ccc(Br)cc2)s1. The van der Waals surface area contributed by atoms with Crippen LogP contribution in [0.5, 0.6) is 0 Å². The first-order valence-corrected chi connectivity index (χ1v) is 6.59. The number of halogens is 1. The van der Waals surface area contributed by atoms with Crippen molar-refractivity contribution < 1.29 is 0 Å². The largest absolute Gasteiger partial charge is 0.306 e. The van der Waals surface area contributed by atoms with Gasteiger partial charge in [-0.2, -0.15) is 0 Å². The topological polar surface area (TPSA) is 37.8 Å². The number of rotatable bonds is 4. The Morgan fingerprint density at radius 3 is 2.56 bits per heavy atom. The molecule has 0 radical (unpaired) electrons.